The molecule has 1 heterocycles. The number of carbonyl (C=O) groups excluding carboxylic acids is 2. The summed E-state index contributed by atoms with van der Waals surface area (Å²) in [6.45, 7) is 7.93. The predicted octanol–water partition coefficient (Wildman–Crippen LogP) is 5.28. The van der Waals surface area contributed by atoms with Crippen molar-refractivity contribution in [3.8, 4) is 11.5 Å². The molecular formula is C32H42N2O6S. The molecule has 0 unspecified atom stereocenters. The Balaban J connectivity index is 1.43. The second-order valence-corrected chi connectivity index (χ2v) is 13.0. The monoisotopic (exact) mass is 582 g/mol. The van der Waals surface area contributed by atoms with Crippen molar-refractivity contribution in [1.29, 1.82) is 0 Å². The van der Waals surface area contributed by atoms with E-state index in [4.69, 9.17) is 23.9 Å². The molecule has 222 valence electrons. The van der Waals surface area contributed by atoms with Crippen molar-refractivity contribution in [2.75, 3.05) is 47.6 Å². The Bertz CT molecular complexity index is 1330. The third-order valence-corrected chi connectivity index (χ3v) is 8.20. The summed E-state index contributed by atoms with van der Waals surface area (Å²) >= 11 is 1.55. The lowest BCUT2D eigenvalue weighted by Crippen LogP contribution is -2.37. The number of ether oxygens (including phenoxy) is 4. The summed E-state index contributed by atoms with van der Waals surface area (Å²) in [4.78, 5) is 33.6. The van der Waals surface area contributed by atoms with E-state index in [1.54, 1.807) is 18.4 Å². The maximum Gasteiger partial charge on any atom is 0.307 e. The van der Waals surface area contributed by atoms with E-state index in [0.29, 0.717) is 57.0 Å². The number of rotatable bonds is 14. The zero-order valence-electron chi connectivity index (χ0n) is 25.1. The van der Waals surface area contributed by atoms with Crippen LogP contribution in [0.5, 0.6) is 11.5 Å². The molecule has 0 saturated carbocycles. The number of esters is 1. The highest BCUT2D eigenvalue weighted by Crippen LogP contribution is 2.42. The highest BCUT2D eigenvalue weighted by molar-refractivity contribution is 7.18. The lowest BCUT2D eigenvalue weighted by atomic mass is 9.76. The molecule has 0 saturated heterocycles. The quantitative estimate of drug-likeness (QED) is 0.187. The fourth-order valence-corrected chi connectivity index (χ4v) is 6.15. The largest absolute Gasteiger partial charge is 0.493 e. The first-order valence-electron chi connectivity index (χ1n) is 14.1. The van der Waals surface area contributed by atoms with Crippen molar-refractivity contribution < 1.29 is 28.5 Å². The number of thiazole rings is 1. The van der Waals surface area contributed by atoms with E-state index in [2.05, 4.69) is 17.0 Å². The molecule has 1 aromatic heterocycles. The Labute approximate surface area is 246 Å². The number of nitrogens with zero attached hydrogens (tertiary/aromatic N) is 2. The topological polar surface area (TPSA) is 87.2 Å². The smallest absolute Gasteiger partial charge is 0.307 e. The lowest BCUT2D eigenvalue weighted by molar-refractivity contribution is -0.159. The van der Waals surface area contributed by atoms with E-state index in [0.717, 1.165) is 32.9 Å². The maximum absolute atomic E-state index is 13.8. The first kappa shape index (κ1) is 30.9. The second-order valence-electron chi connectivity index (χ2n) is 11.9. The van der Waals surface area contributed by atoms with Crippen LogP contribution in [-0.4, -0.2) is 74.8 Å². The van der Waals surface area contributed by atoms with Gasteiger partial charge in [-0.2, -0.15) is 0 Å². The van der Waals surface area contributed by atoms with Gasteiger partial charge < -0.3 is 23.8 Å². The number of likely N-dealkylation sites (N-methyl/N-ethyl adjacent to an activating group) is 1. The number of fused-ring (bicyclic) bond motifs is 2. The van der Waals surface area contributed by atoms with E-state index >= 15 is 0 Å². The SMILES string of the molecule is COc1cc2sc(CCC(=O)C3(CC(=O)OC(C)(C)C)Cc4ccccc4C3)nc2cc1OCCOCCN(C)C. The van der Waals surface area contributed by atoms with E-state index in [-0.39, 0.29) is 18.2 Å². The van der Waals surface area contributed by atoms with Gasteiger partial charge in [0, 0.05) is 36.9 Å². The van der Waals surface area contributed by atoms with Crippen LogP contribution in [0.2, 0.25) is 0 Å². The summed E-state index contributed by atoms with van der Waals surface area (Å²) in [7, 11) is 5.63. The van der Waals surface area contributed by atoms with Crippen molar-refractivity contribution in [1.82, 2.24) is 9.88 Å². The number of hydrogen-bond acceptors (Lipinski definition) is 9. The molecular weight excluding hydrogens is 540 g/mol. The van der Waals surface area contributed by atoms with Crippen molar-refractivity contribution in [2.45, 2.75) is 58.5 Å². The Morgan fingerprint density at radius 3 is 2.37 bits per heavy atom. The van der Waals surface area contributed by atoms with Gasteiger partial charge in [0.2, 0.25) is 0 Å². The third kappa shape index (κ3) is 8.27. The maximum atomic E-state index is 13.8. The Hall–Kier alpha value is -3.01. The van der Waals surface area contributed by atoms with Gasteiger partial charge in [-0.05, 0) is 58.8 Å². The van der Waals surface area contributed by atoms with Gasteiger partial charge in [-0.25, -0.2) is 4.98 Å². The fourth-order valence-electron chi connectivity index (χ4n) is 5.18. The molecule has 1 aliphatic carbocycles. The first-order valence-corrected chi connectivity index (χ1v) is 14.9. The van der Waals surface area contributed by atoms with Gasteiger partial charge in [0.15, 0.2) is 11.5 Å². The minimum atomic E-state index is -0.790. The number of hydrogen-bond donors (Lipinski definition) is 0. The highest BCUT2D eigenvalue weighted by atomic mass is 32.1. The minimum absolute atomic E-state index is 0.0778. The van der Waals surface area contributed by atoms with Gasteiger partial charge in [0.05, 0.1) is 42.0 Å². The number of Topliss-reactive ketones (excluding diaryl/α,β-unsaturated/α-hetero) is 1. The number of methoxy groups -OCH3 is 1. The third-order valence-electron chi connectivity index (χ3n) is 7.12. The second kappa shape index (κ2) is 13.3. The van der Waals surface area contributed by atoms with Crippen LogP contribution in [-0.2, 0) is 38.3 Å². The van der Waals surface area contributed by atoms with Crippen LogP contribution in [0.1, 0.15) is 49.7 Å². The van der Waals surface area contributed by atoms with Crippen LogP contribution in [0.4, 0.5) is 0 Å². The average Bonchev–Trinajstić information content (AvgIpc) is 3.47. The summed E-state index contributed by atoms with van der Waals surface area (Å²) < 4.78 is 23.7. The lowest BCUT2D eigenvalue weighted by Gasteiger charge is -2.28. The van der Waals surface area contributed by atoms with Crippen molar-refractivity contribution in [3.63, 3.8) is 0 Å². The summed E-state index contributed by atoms with van der Waals surface area (Å²) in [5.74, 6) is 0.998. The molecule has 0 aliphatic heterocycles. The van der Waals surface area contributed by atoms with Crippen molar-refractivity contribution >= 4 is 33.3 Å². The van der Waals surface area contributed by atoms with Gasteiger partial charge in [-0.3, -0.25) is 9.59 Å². The molecule has 0 fully saturated rings. The highest BCUT2D eigenvalue weighted by Gasteiger charge is 2.45. The zero-order valence-corrected chi connectivity index (χ0v) is 25.9. The van der Waals surface area contributed by atoms with Crippen molar-refractivity contribution in [3.05, 3.63) is 52.5 Å². The van der Waals surface area contributed by atoms with Gasteiger partial charge in [0.1, 0.15) is 18.0 Å². The van der Waals surface area contributed by atoms with E-state index in [9.17, 15) is 9.59 Å². The Kier molecular flexibility index (Phi) is 10.0. The number of aryl methyl sites for hydroxylation is 1. The molecule has 9 heteroatoms. The number of benzene rings is 2. The van der Waals surface area contributed by atoms with Crippen LogP contribution < -0.4 is 9.47 Å². The Morgan fingerprint density at radius 2 is 1.73 bits per heavy atom. The number of carbonyl (C=O) groups is 2. The summed E-state index contributed by atoms with van der Waals surface area (Å²) in [6, 6.07) is 11.9. The normalized spacial score (nSPS) is 14.3. The molecule has 41 heavy (non-hydrogen) atoms. The van der Waals surface area contributed by atoms with E-state index in [1.807, 2.05) is 59.1 Å². The summed E-state index contributed by atoms with van der Waals surface area (Å²) in [5, 5.41) is 0.863. The molecule has 0 N–H and O–H groups in total. The molecule has 0 bridgehead atoms. The van der Waals surface area contributed by atoms with E-state index < -0.39 is 11.0 Å². The molecule has 0 radical (unpaired) electrons. The van der Waals surface area contributed by atoms with Gasteiger partial charge in [0.25, 0.3) is 0 Å². The van der Waals surface area contributed by atoms with Gasteiger partial charge in [-0.15, -0.1) is 11.3 Å². The van der Waals surface area contributed by atoms with Crippen LogP contribution in [0.15, 0.2) is 36.4 Å². The zero-order chi connectivity index (χ0) is 29.6. The van der Waals surface area contributed by atoms with Crippen LogP contribution in [0.3, 0.4) is 0 Å². The van der Waals surface area contributed by atoms with Crippen LogP contribution >= 0.6 is 11.3 Å². The molecule has 8 nitrogen and oxygen atoms in total. The van der Waals surface area contributed by atoms with E-state index in [1.165, 1.54) is 0 Å². The summed E-state index contributed by atoms with van der Waals surface area (Å²) in [6.07, 6.45) is 1.99. The van der Waals surface area contributed by atoms with Crippen molar-refractivity contribution in [2.24, 2.45) is 5.41 Å². The minimum Gasteiger partial charge on any atom is -0.493 e. The molecule has 0 atom stereocenters. The average molecular weight is 583 g/mol. The predicted molar refractivity (Wildman–Crippen MR) is 161 cm³/mol. The molecule has 1 aliphatic rings. The fraction of sp³-hybridized carbons (Fsp3) is 0.531. The van der Waals surface area contributed by atoms with Crippen LogP contribution in [0.25, 0.3) is 10.2 Å². The number of aromatic nitrogens is 1. The molecule has 0 amide bonds. The standard InChI is InChI=1S/C32H42N2O6S/c1-31(2,3)40-30(36)21-32(19-22-9-7-8-10-23(22)20-32)28(35)11-12-29-33-24-17-26(25(37-6)18-27(24)41-29)39-16-15-38-14-13-34(4)5/h7-10,17-18H,11-16,19-21H2,1-6H3. The molecule has 3 aromatic rings. The van der Waals surface area contributed by atoms with Crippen LogP contribution in [0, 0.1) is 5.41 Å². The molecule has 2 aromatic carbocycles. The van der Waals surface area contributed by atoms with Gasteiger partial charge in [-0.1, -0.05) is 24.3 Å². The van der Waals surface area contributed by atoms with Gasteiger partial charge >= 0.3 is 5.97 Å². The number of ketones is 1. The molecule has 4 rings (SSSR count). The Morgan fingerprint density at radius 1 is 1.02 bits per heavy atom. The first-order chi connectivity index (χ1) is 19.5. The molecule has 0 spiro atoms. The summed E-state index contributed by atoms with van der Waals surface area (Å²) in [5.41, 5.74) is 1.68.